The highest BCUT2D eigenvalue weighted by molar-refractivity contribution is 6.36. The molecule has 0 saturated heterocycles. The minimum atomic E-state index is 0.587. The maximum atomic E-state index is 6.04. The van der Waals surface area contributed by atoms with Crippen LogP contribution in [-0.4, -0.2) is 0 Å². The van der Waals surface area contributed by atoms with Crippen molar-refractivity contribution >= 4 is 40.3 Å². The van der Waals surface area contributed by atoms with E-state index in [0.29, 0.717) is 10.0 Å². The Morgan fingerprint density at radius 1 is 0.938 bits per heavy atom. The third-order valence-corrected chi connectivity index (χ3v) is 2.67. The SMILES string of the molecule is Nc1ccc(Nc2ccc(Cl)cc2Cl)cc1. The van der Waals surface area contributed by atoms with Crippen LogP contribution in [0.5, 0.6) is 0 Å². The van der Waals surface area contributed by atoms with Crippen LogP contribution in [0.15, 0.2) is 42.5 Å². The largest absolute Gasteiger partial charge is 0.399 e. The van der Waals surface area contributed by atoms with Gasteiger partial charge in [0.2, 0.25) is 0 Å². The number of benzene rings is 2. The Kier molecular flexibility index (Phi) is 3.22. The quantitative estimate of drug-likeness (QED) is 0.782. The lowest BCUT2D eigenvalue weighted by atomic mass is 10.2. The first-order chi connectivity index (χ1) is 7.65. The number of nitrogens with one attached hydrogen (secondary N) is 1. The van der Waals surface area contributed by atoms with E-state index in [9.17, 15) is 0 Å². The molecule has 4 heteroatoms. The summed E-state index contributed by atoms with van der Waals surface area (Å²) in [5.41, 5.74) is 8.07. The monoisotopic (exact) mass is 252 g/mol. The van der Waals surface area contributed by atoms with Crippen LogP contribution in [0.1, 0.15) is 0 Å². The highest BCUT2D eigenvalue weighted by Gasteiger charge is 2.01. The molecule has 0 heterocycles. The first kappa shape index (κ1) is 11.1. The van der Waals surface area contributed by atoms with Crippen LogP contribution in [0.25, 0.3) is 0 Å². The minimum Gasteiger partial charge on any atom is -0.399 e. The summed E-state index contributed by atoms with van der Waals surface area (Å²) in [6.07, 6.45) is 0. The van der Waals surface area contributed by atoms with Crippen LogP contribution in [0.4, 0.5) is 17.1 Å². The van der Waals surface area contributed by atoms with Gasteiger partial charge in [0.1, 0.15) is 0 Å². The van der Waals surface area contributed by atoms with E-state index in [1.807, 2.05) is 30.3 Å². The van der Waals surface area contributed by atoms with Crippen LogP contribution in [0.2, 0.25) is 10.0 Å². The van der Waals surface area contributed by atoms with Crippen molar-refractivity contribution in [1.82, 2.24) is 0 Å². The Morgan fingerprint density at radius 2 is 1.62 bits per heavy atom. The topological polar surface area (TPSA) is 38.0 Å². The number of nitrogen functional groups attached to an aromatic ring is 1. The van der Waals surface area contributed by atoms with Gasteiger partial charge < -0.3 is 11.1 Å². The number of rotatable bonds is 2. The first-order valence-electron chi connectivity index (χ1n) is 4.73. The predicted octanol–water partition coefficient (Wildman–Crippen LogP) is 4.32. The van der Waals surface area contributed by atoms with Crippen molar-refractivity contribution in [2.45, 2.75) is 0 Å². The second-order valence-electron chi connectivity index (χ2n) is 3.37. The van der Waals surface area contributed by atoms with Gasteiger partial charge in [0, 0.05) is 16.4 Å². The Hall–Kier alpha value is -1.38. The molecule has 0 amide bonds. The molecule has 82 valence electrons. The smallest absolute Gasteiger partial charge is 0.0655 e. The Bertz CT molecular complexity index is 495. The van der Waals surface area contributed by atoms with Crippen molar-refractivity contribution in [1.29, 1.82) is 0 Å². The van der Waals surface area contributed by atoms with Crippen molar-refractivity contribution in [2.75, 3.05) is 11.1 Å². The van der Waals surface area contributed by atoms with Gasteiger partial charge in [0.05, 0.1) is 10.7 Å². The zero-order chi connectivity index (χ0) is 11.5. The highest BCUT2D eigenvalue weighted by Crippen LogP contribution is 2.28. The van der Waals surface area contributed by atoms with Crippen LogP contribution < -0.4 is 11.1 Å². The molecule has 0 unspecified atom stereocenters. The third kappa shape index (κ3) is 2.60. The third-order valence-electron chi connectivity index (χ3n) is 2.12. The second-order valence-corrected chi connectivity index (χ2v) is 4.21. The van der Waals surface area contributed by atoms with Crippen molar-refractivity contribution in [2.24, 2.45) is 0 Å². The van der Waals surface area contributed by atoms with E-state index < -0.39 is 0 Å². The summed E-state index contributed by atoms with van der Waals surface area (Å²) >= 11 is 11.9. The van der Waals surface area contributed by atoms with Crippen molar-refractivity contribution < 1.29 is 0 Å². The van der Waals surface area contributed by atoms with Crippen molar-refractivity contribution in [3.05, 3.63) is 52.5 Å². The Balaban J connectivity index is 2.23. The average molecular weight is 253 g/mol. The molecule has 3 N–H and O–H groups in total. The standard InChI is InChI=1S/C12H10Cl2N2/c13-8-1-6-12(11(14)7-8)16-10-4-2-9(15)3-5-10/h1-7,16H,15H2. The van der Waals surface area contributed by atoms with Gasteiger partial charge in [-0.05, 0) is 42.5 Å². The summed E-state index contributed by atoms with van der Waals surface area (Å²) in [5, 5.41) is 4.39. The molecule has 2 rings (SSSR count). The molecule has 0 aliphatic heterocycles. The molecule has 0 fully saturated rings. The van der Waals surface area contributed by atoms with E-state index in [-0.39, 0.29) is 0 Å². The summed E-state index contributed by atoms with van der Waals surface area (Å²) in [6, 6.07) is 12.7. The van der Waals surface area contributed by atoms with Gasteiger partial charge in [-0.25, -0.2) is 0 Å². The minimum absolute atomic E-state index is 0.587. The number of nitrogens with two attached hydrogens (primary N) is 1. The van der Waals surface area contributed by atoms with Gasteiger partial charge in [-0.15, -0.1) is 0 Å². The molecule has 0 atom stereocenters. The molecule has 2 aromatic carbocycles. The van der Waals surface area contributed by atoms with E-state index in [2.05, 4.69) is 5.32 Å². The molecule has 0 spiro atoms. The lowest BCUT2D eigenvalue weighted by molar-refractivity contribution is 1.55. The van der Waals surface area contributed by atoms with Gasteiger partial charge in [-0.1, -0.05) is 23.2 Å². The lowest BCUT2D eigenvalue weighted by Gasteiger charge is -2.08. The van der Waals surface area contributed by atoms with Crippen molar-refractivity contribution in [3.8, 4) is 0 Å². The van der Waals surface area contributed by atoms with E-state index >= 15 is 0 Å². The zero-order valence-electron chi connectivity index (χ0n) is 8.37. The molecular formula is C12H10Cl2N2. The second kappa shape index (κ2) is 4.64. The molecule has 0 aliphatic rings. The predicted molar refractivity (Wildman–Crippen MR) is 70.6 cm³/mol. The van der Waals surface area contributed by atoms with Gasteiger partial charge in [0.15, 0.2) is 0 Å². The van der Waals surface area contributed by atoms with Gasteiger partial charge in [-0.2, -0.15) is 0 Å². The van der Waals surface area contributed by atoms with Crippen molar-refractivity contribution in [3.63, 3.8) is 0 Å². The fourth-order valence-electron chi connectivity index (χ4n) is 1.31. The zero-order valence-corrected chi connectivity index (χ0v) is 9.89. The number of halogens is 2. The summed E-state index contributed by atoms with van der Waals surface area (Å²) in [5.74, 6) is 0. The highest BCUT2D eigenvalue weighted by atomic mass is 35.5. The van der Waals surface area contributed by atoms with E-state index in [0.717, 1.165) is 17.1 Å². The van der Waals surface area contributed by atoms with Crippen LogP contribution in [0, 0.1) is 0 Å². The molecule has 2 nitrogen and oxygen atoms in total. The molecule has 0 radical (unpaired) electrons. The number of hydrogen-bond donors (Lipinski definition) is 2. The maximum Gasteiger partial charge on any atom is 0.0655 e. The van der Waals surface area contributed by atoms with E-state index in [1.165, 1.54) is 0 Å². The summed E-state index contributed by atoms with van der Waals surface area (Å²) < 4.78 is 0. The van der Waals surface area contributed by atoms with Gasteiger partial charge in [-0.3, -0.25) is 0 Å². The van der Waals surface area contributed by atoms with E-state index in [1.54, 1.807) is 12.1 Å². The summed E-state index contributed by atoms with van der Waals surface area (Å²) in [6.45, 7) is 0. The summed E-state index contributed by atoms with van der Waals surface area (Å²) in [7, 11) is 0. The Morgan fingerprint density at radius 3 is 2.25 bits per heavy atom. The fourth-order valence-corrected chi connectivity index (χ4v) is 1.77. The van der Waals surface area contributed by atoms with Gasteiger partial charge >= 0.3 is 0 Å². The molecule has 0 aromatic heterocycles. The summed E-state index contributed by atoms with van der Waals surface area (Å²) in [4.78, 5) is 0. The van der Waals surface area contributed by atoms with Gasteiger partial charge in [0.25, 0.3) is 0 Å². The number of hydrogen-bond acceptors (Lipinski definition) is 2. The molecule has 0 saturated carbocycles. The van der Waals surface area contributed by atoms with Crippen LogP contribution in [-0.2, 0) is 0 Å². The first-order valence-corrected chi connectivity index (χ1v) is 5.48. The number of anilines is 3. The maximum absolute atomic E-state index is 6.04. The molecule has 0 bridgehead atoms. The molecule has 0 aliphatic carbocycles. The van der Waals surface area contributed by atoms with E-state index in [4.69, 9.17) is 28.9 Å². The molecular weight excluding hydrogens is 243 g/mol. The fraction of sp³-hybridized carbons (Fsp3) is 0. The van der Waals surface area contributed by atoms with Crippen LogP contribution in [0.3, 0.4) is 0 Å². The lowest BCUT2D eigenvalue weighted by Crippen LogP contribution is -1.91. The normalized spacial score (nSPS) is 10.1. The average Bonchev–Trinajstić information content (AvgIpc) is 2.25. The molecule has 16 heavy (non-hydrogen) atoms. The molecule has 2 aromatic rings. The Labute approximate surface area is 104 Å². The van der Waals surface area contributed by atoms with Crippen LogP contribution >= 0.6 is 23.2 Å².